The third-order valence-corrected chi connectivity index (χ3v) is 4.12. The number of aromatic hydroxyl groups is 1. The molecule has 0 heterocycles. The van der Waals surface area contributed by atoms with Crippen molar-refractivity contribution in [3.05, 3.63) is 35.9 Å². The van der Waals surface area contributed by atoms with Crippen molar-refractivity contribution in [3.63, 3.8) is 0 Å². The molecule has 0 saturated heterocycles. The predicted molar refractivity (Wildman–Crippen MR) is 72.9 cm³/mol. The van der Waals surface area contributed by atoms with Crippen LogP contribution in [0.2, 0.25) is 0 Å². The van der Waals surface area contributed by atoms with E-state index in [4.69, 9.17) is 9.05 Å². The largest absolute Gasteiger partial charge is 0.508 e. The van der Waals surface area contributed by atoms with Gasteiger partial charge < -0.3 is 14.2 Å². The van der Waals surface area contributed by atoms with Gasteiger partial charge in [0.15, 0.2) is 0 Å². The van der Waals surface area contributed by atoms with E-state index >= 15 is 0 Å². The summed E-state index contributed by atoms with van der Waals surface area (Å²) in [6, 6.07) is 6.83. The highest BCUT2D eigenvalue weighted by atomic mass is 31.2. The molecule has 0 aromatic heterocycles. The molecule has 18 heavy (non-hydrogen) atoms. The summed E-state index contributed by atoms with van der Waals surface area (Å²) in [5.41, 5.74) is 0.842. The van der Waals surface area contributed by atoms with Crippen molar-refractivity contribution in [1.82, 2.24) is 0 Å². The quantitative estimate of drug-likeness (QED) is 0.768. The maximum absolute atomic E-state index is 12.1. The van der Waals surface area contributed by atoms with Crippen molar-refractivity contribution in [2.75, 3.05) is 19.4 Å². The molecule has 1 N–H and O–H groups in total. The van der Waals surface area contributed by atoms with Gasteiger partial charge in [-0.2, -0.15) is 0 Å². The monoisotopic (exact) mass is 270 g/mol. The smallest absolute Gasteiger partial charge is 0.334 e. The highest BCUT2D eigenvalue weighted by Crippen LogP contribution is 2.47. The zero-order chi connectivity index (χ0) is 13.4. The van der Waals surface area contributed by atoms with Crippen LogP contribution in [-0.4, -0.2) is 24.5 Å². The van der Waals surface area contributed by atoms with Gasteiger partial charge in [0.1, 0.15) is 5.75 Å². The van der Waals surface area contributed by atoms with E-state index in [0.29, 0.717) is 13.2 Å². The Labute approximate surface area is 108 Å². The van der Waals surface area contributed by atoms with E-state index in [-0.39, 0.29) is 11.9 Å². The molecule has 4 nitrogen and oxygen atoms in total. The molecule has 0 radical (unpaired) electrons. The summed E-state index contributed by atoms with van der Waals surface area (Å²) >= 11 is 0. The molecule has 0 aliphatic rings. The normalized spacial score (nSPS) is 12.1. The van der Waals surface area contributed by atoms with E-state index in [9.17, 15) is 9.67 Å². The summed E-state index contributed by atoms with van der Waals surface area (Å²) in [7, 11) is -3.02. The molecule has 0 bridgehead atoms. The SMILES string of the molecule is CCOP(=O)(CC=Cc1cccc(O)c1)OCC. The first-order chi connectivity index (χ1) is 8.59. The lowest BCUT2D eigenvalue weighted by Crippen LogP contribution is -1.98. The van der Waals surface area contributed by atoms with Crippen molar-refractivity contribution in [2.24, 2.45) is 0 Å². The fourth-order valence-electron chi connectivity index (χ4n) is 1.48. The molecule has 5 heteroatoms. The Kier molecular flexibility index (Phi) is 6.13. The molecule has 1 aromatic carbocycles. The van der Waals surface area contributed by atoms with E-state index in [2.05, 4.69) is 0 Å². The van der Waals surface area contributed by atoms with Crippen molar-refractivity contribution in [1.29, 1.82) is 0 Å². The highest BCUT2D eigenvalue weighted by Gasteiger charge is 2.20. The number of benzene rings is 1. The molecule has 100 valence electrons. The van der Waals surface area contributed by atoms with Crippen molar-refractivity contribution >= 4 is 13.7 Å². The van der Waals surface area contributed by atoms with Gasteiger partial charge in [0, 0.05) is 0 Å². The van der Waals surface area contributed by atoms with Crippen LogP contribution in [0.15, 0.2) is 30.3 Å². The standard InChI is InChI=1S/C13H19O4P/c1-3-16-18(15,17-4-2)10-6-8-12-7-5-9-13(14)11-12/h5-9,11,14H,3-4,10H2,1-2H3. The summed E-state index contributed by atoms with van der Waals surface area (Å²) < 4.78 is 22.5. The van der Waals surface area contributed by atoms with E-state index in [0.717, 1.165) is 5.56 Å². The van der Waals surface area contributed by atoms with Crippen LogP contribution < -0.4 is 0 Å². The van der Waals surface area contributed by atoms with Gasteiger partial charge in [0.25, 0.3) is 0 Å². The fourth-order valence-corrected chi connectivity index (χ4v) is 2.92. The van der Waals surface area contributed by atoms with Gasteiger partial charge in [-0.15, -0.1) is 0 Å². The maximum atomic E-state index is 12.1. The molecular weight excluding hydrogens is 251 g/mol. The molecule has 1 rings (SSSR count). The first-order valence-corrected chi connectivity index (χ1v) is 7.66. The van der Waals surface area contributed by atoms with Crippen molar-refractivity contribution in [2.45, 2.75) is 13.8 Å². The minimum absolute atomic E-state index is 0.204. The number of allylic oxidation sites excluding steroid dienone is 1. The van der Waals surface area contributed by atoms with Crippen LogP contribution >= 0.6 is 7.60 Å². The van der Waals surface area contributed by atoms with Crippen LogP contribution in [0.4, 0.5) is 0 Å². The van der Waals surface area contributed by atoms with Crippen molar-refractivity contribution in [3.8, 4) is 5.75 Å². The third-order valence-electron chi connectivity index (χ3n) is 2.16. The summed E-state index contributed by atoms with van der Waals surface area (Å²) in [6.07, 6.45) is 3.75. The summed E-state index contributed by atoms with van der Waals surface area (Å²) in [5, 5.41) is 9.30. The Morgan fingerprint density at radius 2 is 1.94 bits per heavy atom. The lowest BCUT2D eigenvalue weighted by atomic mass is 10.2. The van der Waals surface area contributed by atoms with E-state index < -0.39 is 7.60 Å². The van der Waals surface area contributed by atoms with Gasteiger partial charge in [-0.25, -0.2) is 0 Å². The molecule has 0 unspecified atom stereocenters. The molecule has 0 spiro atoms. The van der Waals surface area contributed by atoms with Gasteiger partial charge >= 0.3 is 7.60 Å². The zero-order valence-corrected chi connectivity index (χ0v) is 11.6. The average molecular weight is 270 g/mol. The minimum atomic E-state index is -3.02. The van der Waals surface area contributed by atoms with E-state index in [1.165, 1.54) is 0 Å². The summed E-state index contributed by atoms with van der Waals surface area (Å²) in [4.78, 5) is 0. The van der Waals surface area contributed by atoms with Crippen LogP contribution in [0.25, 0.3) is 6.08 Å². The lowest BCUT2D eigenvalue weighted by Gasteiger charge is -2.14. The Morgan fingerprint density at radius 3 is 2.50 bits per heavy atom. The minimum Gasteiger partial charge on any atom is -0.508 e. The summed E-state index contributed by atoms with van der Waals surface area (Å²) in [5.74, 6) is 0.204. The Bertz CT molecular complexity index is 432. The second kappa shape index (κ2) is 7.37. The Morgan fingerprint density at radius 1 is 1.28 bits per heavy atom. The van der Waals surface area contributed by atoms with E-state index in [1.807, 2.05) is 6.07 Å². The van der Waals surface area contributed by atoms with Crippen LogP contribution in [0.1, 0.15) is 19.4 Å². The topological polar surface area (TPSA) is 55.8 Å². The van der Waals surface area contributed by atoms with Gasteiger partial charge in [0.2, 0.25) is 0 Å². The van der Waals surface area contributed by atoms with Gasteiger partial charge in [-0.1, -0.05) is 24.3 Å². The van der Waals surface area contributed by atoms with Gasteiger partial charge in [0.05, 0.1) is 19.4 Å². The number of hydrogen-bond acceptors (Lipinski definition) is 4. The van der Waals surface area contributed by atoms with Crippen LogP contribution in [0.3, 0.4) is 0 Å². The van der Waals surface area contributed by atoms with Crippen molar-refractivity contribution < 1.29 is 18.7 Å². The lowest BCUT2D eigenvalue weighted by molar-refractivity contribution is 0.222. The van der Waals surface area contributed by atoms with Gasteiger partial charge in [-0.05, 0) is 31.5 Å². The molecule has 0 fully saturated rings. The third kappa shape index (κ3) is 5.05. The first-order valence-electron chi connectivity index (χ1n) is 5.93. The van der Waals surface area contributed by atoms with E-state index in [1.54, 1.807) is 44.2 Å². The highest BCUT2D eigenvalue weighted by molar-refractivity contribution is 7.54. The predicted octanol–water partition coefficient (Wildman–Crippen LogP) is 3.67. The second-order valence-corrected chi connectivity index (χ2v) is 5.73. The second-order valence-electron chi connectivity index (χ2n) is 3.63. The maximum Gasteiger partial charge on any atom is 0.334 e. The zero-order valence-electron chi connectivity index (χ0n) is 10.7. The average Bonchev–Trinajstić information content (AvgIpc) is 2.29. The summed E-state index contributed by atoms with van der Waals surface area (Å²) in [6.45, 7) is 4.28. The number of rotatable bonds is 7. The van der Waals surface area contributed by atoms with Gasteiger partial charge in [-0.3, -0.25) is 4.57 Å². The molecular formula is C13H19O4P. The Hall–Kier alpha value is -1.09. The van der Waals surface area contributed by atoms with Crippen LogP contribution in [0, 0.1) is 0 Å². The fraction of sp³-hybridized carbons (Fsp3) is 0.385. The molecule has 0 atom stereocenters. The van der Waals surface area contributed by atoms with Crippen LogP contribution in [0.5, 0.6) is 5.75 Å². The molecule has 0 aliphatic heterocycles. The van der Waals surface area contributed by atoms with Crippen LogP contribution in [-0.2, 0) is 13.6 Å². The first kappa shape index (κ1) is 15.0. The molecule has 0 saturated carbocycles. The molecule has 0 aliphatic carbocycles. The molecule has 0 amide bonds. The number of phenolic OH excluding ortho intramolecular Hbond substituents is 1. The number of hydrogen-bond donors (Lipinski definition) is 1. The Balaban J connectivity index is 2.64. The molecule has 1 aromatic rings. The number of phenols is 1.